The number of carbonyl (C=O) groups is 1. The minimum atomic E-state index is -0.899. The van der Waals surface area contributed by atoms with Gasteiger partial charge in [-0.25, -0.2) is 0 Å². The van der Waals surface area contributed by atoms with E-state index in [9.17, 15) is 9.90 Å². The molecule has 0 saturated carbocycles. The van der Waals surface area contributed by atoms with E-state index in [1.807, 2.05) is 42.2 Å². The SMILES string of the molecule is COc1cccc2c(C)c(C(=O)N3[C@@H]4CC[C@@H]3CC(O)(c3ccncc3)C4)[nH]c12. The number of piperidine rings is 1. The quantitative estimate of drug-likeness (QED) is 0.716. The number of ether oxygens (including phenoxy) is 1. The molecule has 2 saturated heterocycles. The molecule has 29 heavy (non-hydrogen) atoms. The Morgan fingerprint density at radius 3 is 2.55 bits per heavy atom. The predicted octanol–water partition coefficient (Wildman–Crippen LogP) is 3.53. The first-order valence-electron chi connectivity index (χ1n) is 10.1. The number of para-hydroxylation sites is 1. The molecule has 5 rings (SSSR count). The van der Waals surface area contributed by atoms with Crippen LogP contribution in [-0.2, 0) is 5.60 Å². The number of aromatic nitrogens is 2. The summed E-state index contributed by atoms with van der Waals surface area (Å²) in [5.74, 6) is 0.753. The van der Waals surface area contributed by atoms with Crippen LogP contribution in [0, 0.1) is 6.92 Å². The summed E-state index contributed by atoms with van der Waals surface area (Å²) in [7, 11) is 1.64. The van der Waals surface area contributed by atoms with Gasteiger partial charge in [-0.05, 0) is 49.1 Å². The lowest BCUT2D eigenvalue weighted by Crippen LogP contribution is -2.52. The molecule has 1 aromatic carbocycles. The number of pyridine rings is 1. The van der Waals surface area contributed by atoms with E-state index >= 15 is 0 Å². The van der Waals surface area contributed by atoms with Crippen LogP contribution in [-0.4, -0.2) is 45.1 Å². The molecule has 0 spiro atoms. The van der Waals surface area contributed by atoms with E-state index in [-0.39, 0.29) is 18.0 Å². The fourth-order valence-corrected chi connectivity index (χ4v) is 5.29. The van der Waals surface area contributed by atoms with Crippen LogP contribution in [0.15, 0.2) is 42.7 Å². The van der Waals surface area contributed by atoms with E-state index in [0.29, 0.717) is 18.5 Å². The smallest absolute Gasteiger partial charge is 0.271 e. The van der Waals surface area contributed by atoms with Crippen molar-refractivity contribution in [3.05, 3.63) is 59.5 Å². The molecular formula is C23H25N3O3. The van der Waals surface area contributed by atoms with Gasteiger partial charge in [0.1, 0.15) is 11.4 Å². The van der Waals surface area contributed by atoms with E-state index < -0.39 is 5.60 Å². The molecule has 2 N–H and O–H groups in total. The summed E-state index contributed by atoms with van der Waals surface area (Å²) in [5.41, 5.74) is 2.41. The highest BCUT2D eigenvalue weighted by atomic mass is 16.5. The van der Waals surface area contributed by atoms with Crippen LogP contribution >= 0.6 is 0 Å². The van der Waals surface area contributed by atoms with Crippen molar-refractivity contribution in [3.63, 3.8) is 0 Å². The monoisotopic (exact) mass is 391 g/mol. The molecule has 3 aromatic rings. The second-order valence-electron chi connectivity index (χ2n) is 8.28. The summed E-state index contributed by atoms with van der Waals surface area (Å²) < 4.78 is 5.46. The van der Waals surface area contributed by atoms with Gasteiger partial charge in [-0.2, -0.15) is 0 Å². The van der Waals surface area contributed by atoms with E-state index in [1.165, 1.54) is 0 Å². The minimum Gasteiger partial charge on any atom is -0.495 e. The Kier molecular flexibility index (Phi) is 4.13. The van der Waals surface area contributed by atoms with Crippen molar-refractivity contribution in [3.8, 4) is 5.75 Å². The lowest BCUT2D eigenvalue weighted by molar-refractivity contribution is -0.0481. The van der Waals surface area contributed by atoms with Crippen molar-refractivity contribution in [2.75, 3.05) is 7.11 Å². The Hall–Kier alpha value is -2.86. The van der Waals surface area contributed by atoms with Crippen LogP contribution in [0.25, 0.3) is 10.9 Å². The highest BCUT2D eigenvalue weighted by Crippen LogP contribution is 2.46. The molecular weight excluding hydrogens is 366 g/mol. The van der Waals surface area contributed by atoms with Crippen LogP contribution in [0.2, 0.25) is 0 Å². The first-order valence-corrected chi connectivity index (χ1v) is 10.1. The number of hydrogen-bond acceptors (Lipinski definition) is 4. The standard InChI is InChI=1S/C23H25N3O3/c1-14-18-4-3-5-19(29-2)21(18)25-20(14)22(27)26-16-6-7-17(26)13-23(28,12-16)15-8-10-24-11-9-15/h3-5,8-11,16-17,25,28H,6-7,12-13H2,1-2H3/t16-,17-/m1/s1. The van der Waals surface area contributed by atoms with Gasteiger partial charge < -0.3 is 19.7 Å². The van der Waals surface area contributed by atoms with Crippen LogP contribution in [0.5, 0.6) is 5.75 Å². The van der Waals surface area contributed by atoms with Gasteiger partial charge in [0.15, 0.2) is 0 Å². The third kappa shape index (κ3) is 2.74. The van der Waals surface area contributed by atoms with Gasteiger partial charge >= 0.3 is 0 Å². The third-order valence-electron chi connectivity index (χ3n) is 6.71. The molecule has 4 heterocycles. The molecule has 2 aliphatic rings. The number of carbonyl (C=O) groups excluding carboxylic acids is 1. The summed E-state index contributed by atoms with van der Waals surface area (Å²) in [5, 5.41) is 12.3. The summed E-state index contributed by atoms with van der Waals surface area (Å²) in [6, 6.07) is 9.67. The van der Waals surface area contributed by atoms with Crippen LogP contribution in [0.3, 0.4) is 0 Å². The number of nitrogens with zero attached hydrogens (tertiary/aromatic N) is 2. The van der Waals surface area contributed by atoms with Crippen molar-refractivity contribution in [2.45, 2.75) is 50.3 Å². The second kappa shape index (κ2) is 6.59. The topological polar surface area (TPSA) is 78.4 Å². The Bertz CT molecular complexity index is 1060. The number of methoxy groups -OCH3 is 1. The molecule has 150 valence electrons. The molecule has 1 amide bonds. The van der Waals surface area contributed by atoms with E-state index in [2.05, 4.69) is 9.97 Å². The number of amides is 1. The highest BCUT2D eigenvalue weighted by molar-refractivity contribution is 6.02. The lowest BCUT2D eigenvalue weighted by Gasteiger charge is -2.44. The number of H-pyrrole nitrogens is 1. The third-order valence-corrected chi connectivity index (χ3v) is 6.71. The molecule has 0 unspecified atom stereocenters. The summed E-state index contributed by atoms with van der Waals surface area (Å²) in [4.78, 5) is 22.9. The number of hydrogen-bond donors (Lipinski definition) is 2. The maximum atomic E-state index is 13.6. The van der Waals surface area contributed by atoms with E-state index in [0.717, 1.165) is 40.6 Å². The number of fused-ring (bicyclic) bond motifs is 3. The zero-order valence-corrected chi connectivity index (χ0v) is 16.7. The van der Waals surface area contributed by atoms with Gasteiger partial charge in [-0.1, -0.05) is 12.1 Å². The maximum Gasteiger partial charge on any atom is 0.271 e. The minimum absolute atomic E-state index is 0.0185. The fraction of sp³-hybridized carbons (Fsp3) is 0.391. The average molecular weight is 391 g/mol. The molecule has 2 aliphatic heterocycles. The summed E-state index contributed by atoms with van der Waals surface area (Å²) in [6.45, 7) is 1.98. The van der Waals surface area contributed by atoms with Gasteiger partial charge in [-0.15, -0.1) is 0 Å². The van der Waals surface area contributed by atoms with Crippen molar-refractivity contribution in [1.29, 1.82) is 0 Å². The van der Waals surface area contributed by atoms with Gasteiger partial charge in [0, 0.05) is 42.7 Å². The molecule has 2 aromatic heterocycles. The van der Waals surface area contributed by atoms with Crippen molar-refractivity contribution < 1.29 is 14.6 Å². The van der Waals surface area contributed by atoms with Crippen molar-refractivity contribution >= 4 is 16.8 Å². The predicted molar refractivity (Wildman–Crippen MR) is 110 cm³/mol. The van der Waals surface area contributed by atoms with Crippen LogP contribution < -0.4 is 4.74 Å². The van der Waals surface area contributed by atoms with Crippen LogP contribution in [0.4, 0.5) is 0 Å². The molecule has 2 atom stereocenters. The largest absolute Gasteiger partial charge is 0.495 e. The maximum absolute atomic E-state index is 13.6. The molecule has 0 aliphatic carbocycles. The Balaban J connectivity index is 1.48. The number of rotatable bonds is 3. The first-order chi connectivity index (χ1) is 14.0. The fourth-order valence-electron chi connectivity index (χ4n) is 5.29. The first kappa shape index (κ1) is 18.2. The molecule has 6 heteroatoms. The Labute approximate surface area is 169 Å². The zero-order chi connectivity index (χ0) is 20.2. The van der Waals surface area contributed by atoms with Gasteiger partial charge in [-0.3, -0.25) is 9.78 Å². The number of aromatic amines is 1. The summed E-state index contributed by atoms with van der Waals surface area (Å²) >= 11 is 0. The van der Waals surface area contributed by atoms with Crippen molar-refractivity contribution in [1.82, 2.24) is 14.9 Å². The molecule has 2 bridgehead atoms. The highest BCUT2D eigenvalue weighted by Gasteiger charge is 2.50. The van der Waals surface area contributed by atoms with Crippen molar-refractivity contribution in [2.24, 2.45) is 0 Å². The Morgan fingerprint density at radius 1 is 1.21 bits per heavy atom. The molecule has 6 nitrogen and oxygen atoms in total. The average Bonchev–Trinajstić information content (AvgIpc) is 3.23. The summed E-state index contributed by atoms with van der Waals surface area (Å²) in [6.07, 6.45) is 6.39. The number of aliphatic hydroxyl groups is 1. The number of aryl methyl sites for hydroxylation is 1. The zero-order valence-electron chi connectivity index (χ0n) is 16.7. The van der Waals surface area contributed by atoms with Gasteiger partial charge in [0.2, 0.25) is 0 Å². The van der Waals surface area contributed by atoms with E-state index in [4.69, 9.17) is 4.74 Å². The normalized spacial score (nSPS) is 26.1. The van der Waals surface area contributed by atoms with Crippen LogP contribution in [0.1, 0.15) is 47.3 Å². The molecule has 2 fully saturated rings. The lowest BCUT2D eigenvalue weighted by atomic mass is 9.80. The molecule has 0 radical (unpaired) electrons. The second-order valence-corrected chi connectivity index (χ2v) is 8.28. The number of benzene rings is 1. The number of nitrogens with one attached hydrogen (secondary N) is 1. The Morgan fingerprint density at radius 2 is 1.90 bits per heavy atom. The van der Waals surface area contributed by atoms with Gasteiger partial charge in [0.25, 0.3) is 5.91 Å². The van der Waals surface area contributed by atoms with Gasteiger partial charge in [0.05, 0.1) is 18.2 Å². The van der Waals surface area contributed by atoms with E-state index in [1.54, 1.807) is 19.5 Å².